The summed E-state index contributed by atoms with van der Waals surface area (Å²) in [4.78, 5) is 0. The van der Waals surface area contributed by atoms with Crippen molar-refractivity contribution in [3.8, 4) is 46.0 Å². The van der Waals surface area contributed by atoms with Crippen molar-refractivity contribution in [2.24, 2.45) is 5.92 Å². The number of allylic oxidation sites excluding steroid dienone is 1. The number of hydrogen-bond donors (Lipinski definition) is 0. The molecule has 0 N–H and O–H groups in total. The highest BCUT2D eigenvalue weighted by Gasteiger charge is 2.16. The fourth-order valence-electron chi connectivity index (χ4n) is 5.38. The predicted octanol–water partition coefficient (Wildman–Crippen LogP) is 10.0. The number of unbranched alkanes of at least 4 members (excludes halogenated alkanes) is 1. The molecule has 5 rings (SSSR count). The van der Waals surface area contributed by atoms with E-state index >= 15 is 0 Å². The van der Waals surface area contributed by atoms with Gasteiger partial charge in [-0.25, -0.2) is 0 Å². The molecule has 0 unspecified atom stereocenters. The first-order valence-corrected chi connectivity index (χ1v) is 14.9. The third-order valence-corrected chi connectivity index (χ3v) is 8.23. The molecule has 0 saturated heterocycles. The van der Waals surface area contributed by atoms with E-state index in [9.17, 15) is 0 Å². The molecule has 1 aliphatic rings. The van der Waals surface area contributed by atoms with Crippen LogP contribution in [0.3, 0.4) is 0 Å². The van der Waals surface area contributed by atoms with Crippen LogP contribution in [0.1, 0.15) is 56.9 Å². The van der Waals surface area contributed by atoms with E-state index in [-0.39, 0.29) is 0 Å². The second-order valence-corrected chi connectivity index (χ2v) is 10.9. The van der Waals surface area contributed by atoms with Crippen LogP contribution in [0.15, 0.2) is 78.0 Å². The topological polar surface area (TPSA) is 27.7 Å². The number of rotatable bonds is 10. The highest BCUT2D eigenvalue weighted by molar-refractivity contribution is 7.08. The minimum atomic E-state index is 0.759. The van der Waals surface area contributed by atoms with Crippen molar-refractivity contribution in [3.05, 3.63) is 83.6 Å². The van der Waals surface area contributed by atoms with E-state index in [4.69, 9.17) is 14.2 Å². The normalized spacial score (nSPS) is 13.5. The number of benzene rings is 3. The van der Waals surface area contributed by atoms with E-state index in [0.29, 0.717) is 0 Å². The molecule has 0 bridgehead atoms. The van der Waals surface area contributed by atoms with Crippen molar-refractivity contribution in [3.63, 3.8) is 0 Å². The van der Waals surface area contributed by atoms with Gasteiger partial charge in [-0.1, -0.05) is 63.0 Å². The first kappa shape index (κ1) is 26.9. The maximum atomic E-state index is 6.58. The molecule has 200 valence electrons. The Balaban J connectivity index is 1.32. The van der Waals surface area contributed by atoms with Gasteiger partial charge < -0.3 is 14.2 Å². The minimum Gasteiger partial charge on any atom is -0.497 e. The average molecular weight is 537 g/mol. The molecule has 1 aromatic heterocycles. The molecule has 3 nitrogen and oxygen atoms in total. The van der Waals surface area contributed by atoms with E-state index in [1.165, 1.54) is 44.9 Å². The first-order valence-electron chi connectivity index (χ1n) is 14.0. The largest absolute Gasteiger partial charge is 0.497 e. The summed E-state index contributed by atoms with van der Waals surface area (Å²) < 4.78 is 18.1. The summed E-state index contributed by atoms with van der Waals surface area (Å²) in [5.74, 6) is 10.4. The minimum absolute atomic E-state index is 0.759. The molecule has 0 aliphatic heterocycles. The fourth-order valence-corrected chi connectivity index (χ4v) is 6.16. The molecule has 1 aliphatic carbocycles. The van der Waals surface area contributed by atoms with Crippen LogP contribution < -0.4 is 14.2 Å². The Morgan fingerprint density at radius 1 is 0.897 bits per heavy atom. The van der Waals surface area contributed by atoms with Crippen LogP contribution in [-0.2, 0) is 0 Å². The molecule has 0 radical (unpaired) electrons. The summed E-state index contributed by atoms with van der Waals surface area (Å²) in [6.07, 6.45) is 12.4. The number of fused-ring (bicyclic) bond motifs is 1. The van der Waals surface area contributed by atoms with E-state index in [1.54, 1.807) is 24.5 Å². The van der Waals surface area contributed by atoms with Gasteiger partial charge in [0.15, 0.2) is 0 Å². The lowest BCUT2D eigenvalue weighted by Crippen LogP contribution is -2.06. The van der Waals surface area contributed by atoms with Crippen LogP contribution in [0.25, 0.3) is 21.9 Å². The Bertz CT molecular complexity index is 1450. The maximum absolute atomic E-state index is 6.58. The van der Waals surface area contributed by atoms with Crippen LogP contribution in [0.2, 0.25) is 0 Å². The molecular formula is C35H36O3S. The molecule has 1 heterocycles. The van der Waals surface area contributed by atoms with Gasteiger partial charge in [0, 0.05) is 27.5 Å². The Kier molecular flexibility index (Phi) is 9.25. The molecule has 39 heavy (non-hydrogen) atoms. The van der Waals surface area contributed by atoms with Gasteiger partial charge in [0.2, 0.25) is 0 Å². The monoisotopic (exact) mass is 536 g/mol. The van der Waals surface area contributed by atoms with Crippen molar-refractivity contribution in [2.75, 3.05) is 13.7 Å². The van der Waals surface area contributed by atoms with Crippen molar-refractivity contribution in [1.82, 2.24) is 0 Å². The van der Waals surface area contributed by atoms with Crippen molar-refractivity contribution < 1.29 is 14.2 Å². The van der Waals surface area contributed by atoms with Crippen molar-refractivity contribution >= 4 is 22.1 Å². The molecule has 1 fully saturated rings. The molecule has 3 aromatic carbocycles. The third kappa shape index (κ3) is 6.85. The van der Waals surface area contributed by atoms with Crippen molar-refractivity contribution in [2.45, 2.75) is 51.4 Å². The third-order valence-electron chi connectivity index (χ3n) is 7.48. The number of thiophene rings is 1. The van der Waals surface area contributed by atoms with Gasteiger partial charge in [-0.2, -0.15) is 11.3 Å². The summed E-state index contributed by atoms with van der Waals surface area (Å²) in [5.41, 5.74) is 3.01. The zero-order valence-electron chi connectivity index (χ0n) is 22.7. The lowest BCUT2D eigenvalue weighted by molar-refractivity contribution is 0.283. The fraction of sp³-hybridized carbons (Fsp3) is 0.314. The van der Waals surface area contributed by atoms with Crippen LogP contribution in [-0.4, -0.2) is 13.7 Å². The van der Waals surface area contributed by atoms with Gasteiger partial charge in [-0.15, -0.1) is 0 Å². The van der Waals surface area contributed by atoms with Crippen LogP contribution in [0.5, 0.6) is 23.0 Å². The zero-order valence-corrected chi connectivity index (χ0v) is 23.5. The summed E-state index contributed by atoms with van der Waals surface area (Å²) in [6, 6.07) is 18.2. The van der Waals surface area contributed by atoms with E-state index in [2.05, 4.69) is 47.4 Å². The van der Waals surface area contributed by atoms with Crippen molar-refractivity contribution in [1.29, 1.82) is 0 Å². The van der Waals surface area contributed by atoms with Crippen LogP contribution in [0.4, 0.5) is 0 Å². The quantitative estimate of drug-likeness (QED) is 0.149. The standard InChI is InChI=1S/C35H36O3S/c1-3-4-13-28-24-39-25-34(28)33-20-14-27-23-31(36-2)19-21-32(27)35(33)38-30-17-15-29(16-18-30)37-22-9-8-12-26-10-6-5-7-11-26/h3,14-21,23-26H,1,5-12,22H2,2H3. The second kappa shape index (κ2) is 13.4. The van der Waals surface area contributed by atoms with Crippen LogP contribution in [0, 0.1) is 17.8 Å². The highest BCUT2D eigenvalue weighted by Crippen LogP contribution is 2.42. The molecule has 1 saturated carbocycles. The van der Waals surface area contributed by atoms with Gasteiger partial charge in [-0.3, -0.25) is 0 Å². The number of ether oxygens (including phenoxy) is 3. The Morgan fingerprint density at radius 3 is 2.49 bits per heavy atom. The zero-order chi connectivity index (χ0) is 26.9. The number of methoxy groups -OCH3 is 1. The van der Waals surface area contributed by atoms with Gasteiger partial charge in [0.1, 0.15) is 23.0 Å². The van der Waals surface area contributed by atoms with Gasteiger partial charge in [0.05, 0.1) is 13.7 Å². The van der Waals surface area contributed by atoms with Gasteiger partial charge in [-0.05, 0) is 84.1 Å². The van der Waals surface area contributed by atoms with E-state index < -0.39 is 0 Å². The molecule has 0 spiro atoms. The SMILES string of the molecule is C=CC#Cc1cscc1-c1ccc2cc(OC)ccc2c1Oc1ccc(OCCCCC2CCCCC2)cc1. The lowest BCUT2D eigenvalue weighted by Gasteiger charge is -2.21. The van der Waals surface area contributed by atoms with Gasteiger partial charge in [0.25, 0.3) is 0 Å². The van der Waals surface area contributed by atoms with Gasteiger partial charge >= 0.3 is 0 Å². The van der Waals surface area contributed by atoms with E-state index in [1.807, 2.05) is 36.4 Å². The molecule has 0 amide bonds. The Hall–Kier alpha value is -3.68. The number of hydrogen-bond acceptors (Lipinski definition) is 4. The maximum Gasteiger partial charge on any atom is 0.143 e. The van der Waals surface area contributed by atoms with Crippen LogP contribution >= 0.6 is 11.3 Å². The summed E-state index contributed by atoms with van der Waals surface area (Å²) >= 11 is 1.63. The molecule has 4 aromatic rings. The Morgan fingerprint density at radius 2 is 1.69 bits per heavy atom. The average Bonchev–Trinajstić information content (AvgIpc) is 3.45. The summed E-state index contributed by atoms with van der Waals surface area (Å²) in [5, 5.41) is 6.25. The molecular weight excluding hydrogens is 500 g/mol. The van der Waals surface area contributed by atoms with E-state index in [0.717, 1.165) is 69.4 Å². The first-order chi connectivity index (χ1) is 19.2. The Labute approximate surface area is 236 Å². The lowest BCUT2D eigenvalue weighted by atomic mass is 9.86. The molecule has 4 heteroatoms. The summed E-state index contributed by atoms with van der Waals surface area (Å²) in [6.45, 7) is 4.49. The summed E-state index contributed by atoms with van der Waals surface area (Å²) in [7, 11) is 1.68. The second-order valence-electron chi connectivity index (χ2n) is 10.1. The molecule has 0 atom stereocenters. The highest BCUT2D eigenvalue weighted by atomic mass is 32.1. The predicted molar refractivity (Wildman–Crippen MR) is 163 cm³/mol. The smallest absolute Gasteiger partial charge is 0.143 e.